The molecule has 1 aliphatic heterocycles. The Balaban J connectivity index is 2.05. The molecule has 1 heterocycles. The van der Waals surface area contributed by atoms with Gasteiger partial charge in [-0.25, -0.2) is 4.39 Å². The Morgan fingerprint density at radius 2 is 1.75 bits per heavy atom. The maximum absolute atomic E-state index is 13.6. The third-order valence-electron chi connectivity index (χ3n) is 3.65. The number of rotatable bonds is 2. The lowest BCUT2D eigenvalue weighted by molar-refractivity contribution is 0.239. The number of hydrogen-bond acceptors (Lipinski definition) is 2. The van der Waals surface area contributed by atoms with Crippen LogP contribution in [0.5, 0.6) is 0 Å². The van der Waals surface area contributed by atoms with Crippen molar-refractivity contribution in [1.29, 1.82) is 0 Å². The molecule has 0 spiro atoms. The molecule has 0 saturated carbocycles. The van der Waals surface area contributed by atoms with Crippen molar-refractivity contribution in [2.45, 2.75) is 38.6 Å². The second-order valence-electron chi connectivity index (χ2n) is 5.40. The summed E-state index contributed by atoms with van der Waals surface area (Å²) in [6.07, 6.45) is 6.47. The number of hydrogen-bond donors (Lipinski definition) is 1. The summed E-state index contributed by atoms with van der Waals surface area (Å²) in [5, 5.41) is 0. The van der Waals surface area contributed by atoms with E-state index in [1.54, 1.807) is 6.07 Å². The Hall–Kier alpha value is -1.37. The third kappa shape index (κ3) is 4.96. The van der Waals surface area contributed by atoms with Crippen LogP contribution in [0.1, 0.15) is 43.2 Å². The lowest BCUT2D eigenvalue weighted by Crippen LogP contribution is -2.26. The molecule has 2 N–H and O–H groups in total. The molecule has 1 saturated heterocycles. The summed E-state index contributed by atoms with van der Waals surface area (Å²) in [4.78, 5) is 2.42. The molecule has 0 bridgehead atoms. The van der Waals surface area contributed by atoms with Gasteiger partial charge in [-0.05, 0) is 49.7 Å². The molecule has 0 atom stereocenters. The predicted octanol–water partition coefficient (Wildman–Crippen LogP) is 2.90. The number of halogens is 1. The molecular weight excluding hydrogens is 251 g/mol. The quantitative estimate of drug-likeness (QED) is 0.840. The number of likely N-dealkylation sites (tertiary alicyclic amines) is 1. The zero-order valence-corrected chi connectivity index (χ0v) is 12.0. The van der Waals surface area contributed by atoms with Crippen LogP contribution in [0.25, 0.3) is 0 Å². The molecule has 2 nitrogen and oxygen atoms in total. The lowest BCUT2D eigenvalue weighted by Gasteiger charge is -2.24. The van der Waals surface area contributed by atoms with Gasteiger partial charge in [-0.1, -0.05) is 31.1 Å². The molecule has 0 aromatic heterocycles. The molecule has 1 aromatic carbocycles. The Morgan fingerprint density at radius 1 is 1.05 bits per heavy atom. The van der Waals surface area contributed by atoms with Gasteiger partial charge in [0.05, 0.1) is 6.54 Å². The smallest absolute Gasteiger partial charge is 0.124 e. The molecular formula is C17H23FN2. The van der Waals surface area contributed by atoms with Gasteiger partial charge in [0.1, 0.15) is 5.82 Å². The number of nitrogens with zero attached hydrogens (tertiary/aromatic N) is 1. The molecule has 1 aromatic rings. The summed E-state index contributed by atoms with van der Waals surface area (Å²) in [5.74, 6) is 5.48. The van der Waals surface area contributed by atoms with E-state index in [0.29, 0.717) is 6.54 Å². The average molecular weight is 274 g/mol. The Labute approximate surface area is 121 Å². The molecule has 108 valence electrons. The van der Waals surface area contributed by atoms with Gasteiger partial charge in [-0.2, -0.15) is 0 Å². The zero-order chi connectivity index (χ0) is 14.2. The van der Waals surface area contributed by atoms with Crippen LogP contribution in [0.4, 0.5) is 4.39 Å². The summed E-state index contributed by atoms with van der Waals surface area (Å²) in [7, 11) is 0. The number of nitrogens with two attached hydrogens (primary N) is 1. The SMILES string of the molecule is NCC#Cc1cc(F)cc(CN2CCCCCCC2)c1. The summed E-state index contributed by atoms with van der Waals surface area (Å²) >= 11 is 0. The molecule has 0 amide bonds. The maximum Gasteiger partial charge on any atom is 0.124 e. The van der Waals surface area contributed by atoms with Crippen LogP contribution in [0.3, 0.4) is 0 Å². The largest absolute Gasteiger partial charge is 0.320 e. The van der Waals surface area contributed by atoms with Crippen molar-refractivity contribution >= 4 is 0 Å². The molecule has 0 radical (unpaired) electrons. The Bertz CT molecular complexity index is 479. The van der Waals surface area contributed by atoms with E-state index < -0.39 is 0 Å². The molecule has 0 unspecified atom stereocenters. The Morgan fingerprint density at radius 3 is 2.45 bits per heavy atom. The molecule has 0 aliphatic carbocycles. The van der Waals surface area contributed by atoms with E-state index >= 15 is 0 Å². The van der Waals surface area contributed by atoms with E-state index in [4.69, 9.17) is 5.73 Å². The van der Waals surface area contributed by atoms with Crippen LogP contribution in [0, 0.1) is 17.7 Å². The minimum Gasteiger partial charge on any atom is -0.320 e. The Kier molecular flexibility index (Phi) is 6.04. The van der Waals surface area contributed by atoms with Crippen LogP contribution in [0.2, 0.25) is 0 Å². The summed E-state index contributed by atoms with van der Waals surface area (Å²) in [6.45, 7) is 3.34. The topological polar surface area (TPSA) is 29.3 Å². The maximum atomic E-state index is 13.6. The van der Waals surface area contributed by atoms with Crippen LogP contribution in [-0.2, 0) is 6.54 Å². The molecule has 2 rings (SSSR count). The van der Waals surface area contributed by atoms with Gasteiger partial charge in [-0.3, -0.25) is 4.90 Å². The van der Waals surface area contributed by atoms with Crippen molar-refractivity contribution in [1.82, 2.24) is 4.90 Å². The van der Waals surface area contributed by atoms with E-state index in [1.807, 2.05) is 6.07 Å². The van der Waals surface area contributed by atoms with Gasteiger partial charge in [0.2, 0.25) is 0 Å². The first-order valence-electron chi connectivity index (χ1n) is 7.49. The van der Waals surface area contributed by atoms with Crippen molar-refractivity contribution < 1.29 is 4.39 Å². The molecule has 1 fully saturated rings. The van der Waals surface area contributed by atoms with Crippen LogP contribution in [-0.4, -0.2) is 24.5 Å². The highest BCUT2D eigenvalue weighted by atomic mass is 19.1. The van der Waals surface area contributed by atoms with Gasteiger partial charge < -0.3 is 5.73 Å². The highest BCUT2D eigenvalue weighted by Gasteiger charge is 2.09. The fourth-order valence-electron chi connectivity index (χ4n) is 2.70. The second kappa shape index (κ2) is 8.04. The number of benzene rings is 1. The standard InChI is InChI=1S/C17H23FN2/c18-17-12-15(7-6-8-19)11-16(13-17)14-20-9-4-2-1-3-5-10-20/h11-13H,1-5,8-10,14,19H2. The zero-order valence-electron chi connectivity index (χ0n) is 12.0. The van der Waals surface area contributed by atoms with Crippen LogP contribution >= 0.6 is 0 Å². The van der Waals surface area contributed by atoms with E-state index in [1.165, 1.54) is 38.2 Å². The van der Waals surface area contributed by atoms with Gasteiger partial charge in [-0.15, -0.1) is 0 Å². The molecule has 1 aliphatic rings. The van der Waals surface area contributed by atoms with Gasteiger partial charge >= 0.3 is 0 Å². The van der Waals surface area contributed by atoms with E-state index in [9.17, 15) is 4.39 Å². The minimum absolute atomic E-state index is 0.212. The van der Waals surface area contributed by atoms with Gasteiger partial charge in [0.15, 0.2) is 0 Å². The summed E-state index contributed by atoms with van der Waals surface area (Å²) in [5.41, 5.74) is 7.08. The fourth-order valence-corrected chi connectivity index (χ4v) is 2.70. The molecule has 20 heavy (non-hydrogen) atoms. The first-order valence-corrected chi connectivity index (χ1v) is 7.49. The second-order valence-corrected chi connectivity index (χ2v) is 5.40. The van der Waals surface area contributed by atoms with Crippen molar-refractivity contribution in [3.05, 3.63) is 35.1 Å². The molecule has 3 heteroatoms. The average Bonchev–Trinajstić information content (AvgIpc) is 2.39. The van der Waals surface area contributed by atoms with Crippen LogP contribution < -0.4 is 5.73 Å². The van der Waals surface area contributed by atoms with Crippen molar-refractivity contribution in [2.75, 3.05) is 19.6 Å². The highest BCUT2D eigenvalue weighted by Crippen LogP contribution is 2.15. The van der Waals surface area contributed by atoms with Crippen molar-refractivity contribution in [2.24, 2.45) is 5.73 Å². The van der Waals surface area contributed by atoms with Crippen LogP contribution in [0.15, 0.2) is 18.2 Å². The third-order valence-corrected chi connectivity index (χ3v) is 3.65. The fraction of sp³-hybridized carbons (Fsp3) is 0.529. The normalized spacial score (nSPS) is 16.9. The summed E-state index contributed by atoms with van der Waals surface area (Å²) in [6, 6.07) is 5.07. The first kappa shape index (κ1) is 15.0. The van der Waals surface area contributed by atoms with E-state index in [2.05, 4.69) is 16.7 Å². The van der Waals surface area contributed by atoms with Crippen molar-refractivity contribution in [3.8, 4) is 11.8 Å². The minimum atomic E-state index is -0.212. The van der Waals surface area contributed by atoms with Gasteiger partial charge in [0, 0.05) is 12.1 Å². The highest BCUT2D eigenvalue weighted by molar-refractivity contribution is 5.38. The monoisotopic (exact) mass is 274 g/mol. The lowest BCUT2D eigenvalue weighted by atomic mass is 10.1. The van der Waals surface area contributed by atoms with Gasteiger partial charge in [0.25, 0.3) is 0 Å². The summed E-state index contributed by atoms with van der Waals surface area (Å²) < 4.78 is 13.6. The first-order chi connectivity index (χ1) is 9.78. The predicted molar refractivity (Wildman–Crippen MR) is 80.7 cm³/mol. The van der Waals surface area contributed by atoms with E-state index in [-0.39, 0.29) is 5.82 Å². The van der Waals surface area contributed by atoms with Crippen molar-refractivity contribution in [3.63, 3.8) is 0 Å². The van der Waals surface area contributed by atoms with E-state index in [0.717, 1.165) is 30.8 Å².